The van der Waals surface area contributed by atoms with E-state index in [-0.39, 0.29) is 0 Å². The predicted octanol–water partition coefficient (Wildman–Crippen LogP) is 1.69. The molecule has 0 aliphatic carbocycles. The highest BCUT2D eigenvalue weighted by molar-refractivity contribution is 9.10. The first-order valence-electron chi connectivity index (χ1n) is 3.15. The van der Waals surface area contributed by atoms with Crippen LogP contribution < -0.4 is 17.1 Å². The minimum absolute atomic E-state index is 0.592. The molecule has 6 heteroatoms. The summed E-state index contributed by atoms with van der Waals surface area (Å²) in [6, 6.07) is 5.37. The van der Waals surface area contributed by atoms with Gasteiger partial charge >= 0.3 is 0 Å². The van der Waals surface area contributed by atoms with Crippen LogP contribution in [0.4, 0.5) is 11.4 Å². The lowest BCUT2D eigenvalue weighted by Crippen LogP contribution is -2.06. The van der Waals surface area contributed by atoms with E-state index in [0.29, 0.717) is 11.4 Å². The van der Waals surface area contributed by atoms with Crippen LogP contribution in [0.3, 0.4) is 0 Å². The summed E-state index contributed by atoms with van der Waals surface area (Å²) in [5.41, 5.74) is 3.74. The van der Waals surface area contributed by atoms with Crippen LogP contribution in [0.15, 0.2) is 33.0 Å². The molecule has 0 aromatic heterocycles. The zero-order valence-electron chi connectivity index (χ0n) is 6.16. The van der Waals surface area contributed by atoms with E-state index in [1.165, 1.54) is 0 Å². The molecule has 0 saturated carbocycles. The highest BCUT2D eigenvalue weighted by Gasteiger charge is 1.99. The molecule has 0 spiro atoms. The highest BCUT2D eigenvalue weighted by atomic mass is 79.9. The Labute approximate surface area is 77.9 Å². The molecule has 0 aliphatic heterocycles. The summed E-state index contributed by atoms with van der Waals surface area (Å²) in [5.74, 6) is 10.1. The number of nitrogens with one attached hydrogen (secondary N) is 1. The SMILES string of the molecule is NN=Nc1cc(Br)ccc1NN. The zero-order valence-corrected chi connectivity index (χ0v) is 7.75. The fraction of sp³-hybridized carbons (Fsp3) is 0. The molecule has 64 valence electrons. The van der Waals surface area contributed by atoms with Crippen LogP contribution in [0.2, 0.25) is 0 Å². The van der Waals surface area contributed by atoms with Crippen molar-refractivity contribution in [2.24, 2.45) is 22.0 Å². The normalized spacial score (nSPS) is 10.5. The molecule has 1 aromatic carbocycles. The van der Waals surface area contributed by atoms with Crippen molar-refractivity contribution in [1.82, 2.24) is 0 Å². The second-order valence-corrected chi connectivity index (χ2v) is 2.94. The molecule has 0 saturated heterocycles. The van der Waals surface area contributed by atoms with Gasteiger partial charge in [-0.05, 0) is 18.2 Å². The number of hydrazine groups is 1. The maximum absolute atomic E-state index is 5.22. The largest absolute Gasteiger partial charge is 0.322 e. The quantitative estimate of drug-likeness (QED) is 0.410. The lowest BCUT2D eigenvalue weighted by atomic mass is 10.3. The van der Waals surface area contributed by atoms with E-state index < -0.39 is 0 Å². The van der Waals surface area contributed by atoms with Crippen molar-refractivity contribution in [2.75, 3.05) is 5.43 Å². The molecular weight excluding hydrogens is 222 g/mol. The summed E-state index contributed by atoms with van der Waals surface area (Å²) in [4.78, 5) is 0. The lowest BCUT2D eigenvalue weighted by molar-refractivity contribution is 1.06. The molecule has 5 nitrogen and oxygen atoms in total. The maximum atomic E-state index is 5.22. The van der Waals surface area contributed by atoms with E-state index in [2.05, 4.69) is 31.7 Å². The molecular formula is C6H8BrN5. The number of nitrogen functional groups attached to an aromatic ring is 1. The zero-order chi connectivity index (χ0) is 8.97. The number of nitrogens with two attached hydrogens (primary N) is 2. The monoisotopic (exact) mass is 229 g/mol. The summed E-state index contributed by atoms with van der Waals surface area (Å²) >= 11 is 3.28. The van der Waals surface area contributed by atoms with E-state index in [1.54, 1.807) is 12.1 Å². The van der Waals surface area contributed by atoms with Crippen LogP contribution in [0, 0.1) is 0 Å². The van der Waals surface area contributed by atoms with Crippen molar-refractivity contribution in [2.45, 2.75) is 0 Å². The summed E-state index contributed by atoms with van der Waals surface area (Å²) in [6.45, 7) is 0. The average Bonchev–Trinajstić information content (AvgIpc) is 2.05. The van der Waals surface area contributed by atoms with Crippen molar-refractivity contribution < 1.29 is 0 Å². The Morgan fingerprint density at radius 3 is 2.75 bits per heavy atom. The lowest BCUT2D eigenvalue weighted by Gasteiger charge is -2.02. The molecule has 0 amide bonds. The Hall–Kier alpha value is -1.14. The van der Waals surface area contributed by atoms with Crippen molar-refractivity contribution in [1.29, 1.82) is 0 Å². The molecule has 1 aromatic rings. The molecule has 0 bridgehead atoms. The van der Waals surface area contributed by atoms with Gasteiger partial charge in [0, 0.05) is 4.47 Å². The molecule has 0 unspecified atom stereocenters. The van der Waals surface area contributed by atoms with Gasteiger partial charge in [0.2, 0.25) is 0 Å². The minimum atomic E-state index is 0.592. The van der Waals surface area contributed by atoms with E-state index in [0.717, 1.165) is 4.47 Å². The summed E-state index contributed by atoms with van der Waals surface area (Å²) in [5, 5.41) is 6.83. The number of anilines is 1. The van der Waals surface area contributed by atoms with Crippen molar-refractivity contribution >= 4 is 27.3 Å². The second-order valence-electron chi connectivity index (χ2n) is 2.02. The topological polar surface area (TPSA) is 88.8 Å². The third-order valence-electron chi connectivity index (χ3n) is 1.28. The fourth-order valence-electron chi connectivity index (χ4n) is 0.772. The average molecular weight is 230 g/mol. The number of hydrogen-bond acceptors (Lipinski definition) is 4. The van der Waals surface area contributed by atoms with E-state index in [1.807, 2.05) is 6.07 Å². The number of hydrogen-bond donors (Lipinski definition) is 3. The summed E-state index contributed by atoms with van der Waals surface area (Å²) in [7, 11) is 0. The first kappa shape index (κ1) is 8.95. The van der Waals surface area contributed by atoms with Gasteiger partial charge in [0.25, 0.3) is 0 Å². The Morgan fingerprint density at radius 2 is 2.17 bits per heavy atom. The third-order valence-corrected chi connectivity index (χ3v) is 1.77. The van der Waals surface area contributed by atoms with E-state index in [4.69, 9.17) is 11.7 Å². The van der Waals surface area contributed by atoms with Crippen molar-refractivity contribution in [3.63, 3.8) is 0 Å². The Morgan fingerprint density at radius 1 is 1.42 bits per heavy atom. The second kappa shape index (κ2) is 4.03. The summed E-state index contributed by atoms with van der Waals surface area (Å²) < 4.78 is 0.893. The Balaban J connectivity index is 3.12. The number of halogens is 1. The molecule has 12 heavy (non-hydrogen) atoms. The van der Waals surface area contributed by atoms with Gasteiger partial charge in [0.15, 0.2) is 0 Å². The van der Waals surface area contributed by atoms with Gasteiger partial charge in [0.1, 0.15) is 5.69 Å². The smallest absolute Gasteiger partial charge is 0.113 e. The summed E-state index contributed by atoms with van der Waals surface area (Å²) in [6.07, 6.45) is 0. The van der Waals surface area contributed by atoms with Gasteiger partial charge < -0.3 is 11.3 Å². The van der Waals surface area contributed by atoms with Crippen LogP contribution in [0.1, 0.15) is 0 Å². The molecule has 0 aliphatic rings. The third kappa shape index (κ3) is 1.93. The first-order chi connectivity index (χ1) is 5.77. The van der Waals surface area contributed by atoms with Crippen molar-refractivity contribution in [3.05, 3.63) is 22.7 Å². The van der Waals surface area contributed by atoms with Crippen molar-refractivity contribution in [3.8, 4) is 0 Å². The molecule has 0 heterocycles. The Kier molecular flexibility index (Phi) is 3.01. The minimum Gasteiger partial charge on any atom is -0.322 e. The number of rotatable bonds is 2. The Bertz CT molecular complexity index is 298. The van der Waals surface area contributed by atoms with E-state index in [9.17, 15) is 0 Å². The van der Waals surface area contributed by atoms with E-state index >= 15 is 0 Å². The molecule has 1 rings (SSSR count). The van der Waals surface area contributed by atoms with Gasteiger partial charge in [-0.15, -0.1) is 5.11 Å². The van der Waals surface area contributed by atoms with Crippen LogP contribution >= 0.6 is 15.9 Å². The maximum Gasteiger partial charge on any atom is 0.113 e. The van der Waals surface area contributed by atoms with Gasteiger partial charge in [-0.25, -0.2) is 0 Å². The molecule has 5 N–H and O–H groups in total. The van der Waals surface area contributed by atoms with Gasteiger partial charge in [0.05, 0.1) is 5.69 Å². The predicted molar refractivity (Wildman–Crippen MR) is 50.7 cm³/mol. The molecule has 0 radical (unpaired) electrons. The van der Waals surface area contributed by atoms with Gasteiger partial charge in [-0.3, -0.25) is 5.84 Å². The van der Waals surface area contributed by atoms with Crippen LogP contribution in [-0.2, 0) is 0 Å². The molecule has 0 fully saturated rings. The molecule has 0 atom stereocenters. The highest BCUT2D eigenvalue weighted by Crippen LogP contribution is 2.27. The number of nitrogens with zero attached hydrogens (tertiary/aromatic N) is 2. The van der Waals surface area contributed by atoms with Crippen LogP contribution in [0.25, 0.3) is 0 Å². The first-order valence-corrected chi connectivity index (χ1v) is 3.94. The van der Waals surface area contributed by atoms with Crippen LogP contribution in [0.5, 0.6) is 0 Å². The fourth-order valence-corrected chi connectivity index (χ4v) is 1.12. The van der Waals surface area contributed by atoms with Gasteiger partial charge in [-0.2, -0.15) is 0 Å². The standard InChI is InChI=1S/C6H8BrN5/c7-4-1-2-5(10-8)6(3-4)11-12-9/h1-3,10H,8H2,(H2,9,11). The van der Waals surface area contributed by atoms with Crippen LogP contribution in [-0.4, -0.2) is 0 Å². The van der Waals surface area contributed by atoms with Gasteiger partial charge in [-0.1, -0.05) is 21.2 Å². The number of benzene rings is 1.